The van der Waals surface area contributed by atoms with Crippen molar-refractivity contribution in [2.24, 2.45) is 0 Å². The van der Waals surface area contributed by atoms with Gasteiger partial charge < -0.3 is 23.9 Å². The highest BCUT2D eigenvalue weighted by molar-refractivity contribution is 5.95. The van der Waals surface area contributed by atoms with Crippen LogP contribution < -0.4 is 5.56 Å². The molecule has 4 heterocycles. The molecule has 32 heavy (non-hydrogen) atoms. The van der Waals surface area contributed by atoms with Gasteiger partial charge in [0, 0.05) is 55.8 Å². The second-order valence-electron chi connectivity index (χ2n) is 8.60. The molecule has 2 fully saturated rings. The number of pyridine rings is 1. The summed E-state index contributed by atoms with van der Waals surface area (Å²) in [6, 6.07) is 9.88. The molecule has 1 N–H and O–H groups in total. The van der Waals surface area contributed by atoms with Gasteiger partial charge in [0.1, 0.15) is 12.2 Å². The van der Waals surface area contributed by atoms with Crippen molar-refractivity contribution in [2.45, 2.75) is 38.3 Å². The number of cyclic esters (lactones) is 1. The summed E-state index contributed by atoms with van der Waals surface area (Å²) in [5, 5.41) is 1.14. The van der Waals surface area contributed by atoms with Gasteiger partial charge in [0.25, 0.3) is 11.5 Å². The van der Waals surface area contributed by atoms with Gasteiger partial charge in [-0.15, -0.1) is 0 Å². The van der Waals surface area contributed by atoms with Crippen molar-refractivity contribution in [2.75, 3.05) is 19.7 Å². The Labute approximate surface area is 184 Å². The number of hydrogen-bond acceptors (Lipinski definition) is 5. The quantitative estimate of drug-likeness (QED) is 0.636. The molecule has 2 aromatic heterocycles. The van der Waals surface area contributed by atoms with Gasteiger partial charge in [-0.2, -0.15) is 0 Å². The van der Waals surface area contributed by atoms with Crippen LogP contribution in [0.3, 0.4) is 0 Å². The van der Waals surface area contributed by atoms with Crippen LogP contribution in [0.4, 0.5) is 4.79 Å². The Morgan fingerprint density at radius 3 is 2.69 bits per heavy atom. The van der Waals surface area contributed by atoms with Crippen molar-refractivity contribution >= 4 is 23.0 Å². The fraction of sp³-hybridized carbons (Fsp3) is 0.375. The molecular weight excluding hydrogens is 410 g/mol. The SMILES string of the molecule is Cc1ccn(CCc2c[nH]c3ccccc23)c(=O)c1C(=O)N1CCC2(CC1)COC(=O)O2. The lowest BCUT2D eigenvalue weighted by atomic mass is 9.92. The molecule has 0 atom stereocenters. The van der Waals surface area contributed by atoms with Crippen molar-refractivity contribution in [1.29, 1.82) is 0 Å². The van der Waals surface area contributed by atoms with Crippen LogP contribution in [0.5, 0.6) is 0 Å². The highest BCUT2D eigenvalue weighted by Crippen LogP contribution is 2.32. The Hall–Kier alpha value is -3.55. The first-order chi connectivity index (χ1) is 15.5. The van der Waals surface area contributed by atoms with Crippen molar-refractivity contribution < 1.29 is 19.1 Å². The van der Waals surface area contributed by atoms with E-state index in [1.54, 1.807) is 22.6 Å². The Bertz CT molecular complexity index is 1250. The van der Waals surface area contributed by atoms with Crippen LogP contribution in [0.15, 0.2) is 47.5 Å². The molecule has 0 unspecified atom stereocenters. The molecule has 5 rings (SSSR count). The van der Waals surface area contributed by atoms with Crippen molar-refractivity contribution in [1.82, 2.24) is 14.5 Å². The first-order valence-corrected chi connectivity index (χ1v) is 10.9. The Balaban J connectivity index is 1.32. The topological polar surface area (TPSA) is 93.6 Å². The van der Waals surface area contributed by atoms with E-state index >= 15 is 0 Å². The molecule has 2 aliphatic rings. The van der Waals surface area contributed by atoms with E-state index in [4.69, 9.17) is 9.47 Å². The molecule has 0 bridgehead atoms. The Kier molecular flexibility index (Phi) is 5.00. The number of aromatic amines is 1. The van der Waals surface area contributed by atoms with E-state index in [-0.39, 0.29) is 23.6 Å². The second-order valence-corrected chi connectivity index (χ2v) is 8.60. The summed E-state index contributed by atoms with van der Waals surface area (Å²) in [5.41, 5.74) is 2.16. The zero-order chi connectivity index (χ0) is 22.3. The molecule has 1 spiro atoms. The summed E-state index contributed by atoms with van der Waals surface area (Å²) < 4.78 is 11.9. The number of likely N-dealkylation sites (tertiary alicyclic amines) is 1. The van der Waals surface area contributed by atoms with Gasteiger partial charge in [-0.3, -0.25) is 9.59 Å². The average molecular weight is 435 g/mol. The molecule has 1 aromatic carbocycles. The van der Waals surface area contributed by atoms with Crippen molar-refractivity contribution in [3.63, 3.8) is 0 Å². The maximum atomic E-state index is 13.2. The van der Waals surface area contributed by atoms with Crippen LogP contribution in [-0.2, 0) is 22.4 Å². The lowest BCUT2D eigenvalue weighted by Crippen LogP contribution is -2.49. The minimum atomic E-state index is -0.651. The number of amides is 1. The van der Waals surface area contributed by atoms with Gasteiger partial charge >= 0.3 is 6.16 Å². The number of hydrogen-bond donors (Lipinski definition) is 1. The molecule has 0 radical (unpaired) electrons. The number of piperidine rings is 1. The summed E-state index contributed by atoms with van der Waals surface area (Å²) in [6.45, 7) is 3.32. The summed E-state index contributed by atoms with van der Waals surface area (Å²) in [6.07, 6.45) is 4.76. The molecule has 8 heteroatoms. The number of fused-ring (bicyclic) bond motifs is 1. The van der Waals surface area contributed by atoms with Gasteiger partial charge in [-0.05, 0) is 36.6 Å². The van der Waals surface area contributed by atoms with Gasteiger partial charge in [-0.1, -0.05) is 18.2 Å². The Morgan fingerprint density at radius 2 is 1.94 bits per heavy atom. The van der Waals surface area contributed by atoms with Gasteiger partial charge in [0.15, 0.2) is 5.60 Å². The van der Waals surface area contributed by atoms with Crippen LogP contribution in [0.1, 0.15) is 34.3 Å². The van der Waals surface area contributed by atoms with Gasteiger partial charge in [0.05, 0.1) is 0 Å². The van der Waals surface area contributed by atoms with Crippen LogP contribution in [0.25, 0.3) is 10.9 Å². The fourth-order valence-corrected chi connectivity index (χ4v) is 4.63. The van der Waals surface area contributed by atoms with E-state index in [9.17, 15) is 14.4 Å². The van der Waals surface area contributed by atoms with E-state index in [0.717, 1.165) is 16.5 Å². The number of ether oxygens (including phenoxy) is 2. The largest absolute Gasteiger partial charge is 0.509 e. The van der Waals surface area contributed by atoms with Crippen molar-refractivity contribution in [3.05, 3.63) is 69.8 Å². The minimum absolute atomic E-state index is 0.210. The standard InChI is InChI=1S/C24H25N3O5/c1-16-6-10-26(11-7-17-14-25-19-5-3-2-4-18(17)19)21(28)20(16)22(29)27-12-8-24(9-13-27)15-31-23(30)32-24/h2-6,10,14,25H,7-9,11-13,15H2,1H3. The summed E-state index contributed by atoms with van der Waals surface area (Å²) in [7, 11) is 0. The number of nitrogens with zero attached hydrogens (tertiary/aromatic N) is 2. The summed E-state index contributed by atoms with van der Waals surface area (Å²) in [5.74, 6) is -0.269. The molecule has 0 saturated carbocycles. The normalized spacial score (nSPS) is 17.5. The molecular formula is C24H25N3O5. The third-order valence-corrected chi connectivity index (χ3v) is 6.60. The molecule has 8 nitrogen and oxygen atoms in total. The van der Waals surface area contributed by atoms with E-state index in [1.165, 1.54) is 0 Å². The third kappa shape index (κ3) is 3.55. The lowest BCUT2D eigenvalue weighted by molar-refractivity contribution is 0.00273. The fourth-order valence-electron chi connectivity index (χ4n) is 4.63. The van der Waals surface area contributed by atoms with Gasteiger partial charge in [-0.25, -0.2) is 4.79 Å². The zero-order valence-corrected chi connectivity index (χ0v) is 17.9. The molecule has 2 saturated heterocycles. The number of para-hydroxylation sites is 1. The maximum Gasteiger partial charge on any atom is 0.509 e. The number of carbonyl (C=O) groups is 2. The number of rotatable bonds is 4. The van der Waals surface area contributed by atoms with Crippen LogP contribution >= 0.6 is 0 Å². The number of aryl methyl sites for hydroxylation is 3. The number of benzene rings is 1. The Morgan fingerprint density at radius 1 is 1.16 bits per heavy atom. The minimum Gasteiger partial charge on any atom is -0.430 e. The van der Waals surface area contributed by atoms with Crippen molar-refractivity contribution in [3.8, 4) is 0 Å². The third-order valence-electron chi connectivity index (χ3n) is 6.60. The highest BCUT2D eigenvalue weighted by Gasteiger charge is 2.45. The highest BCUT2D eigenvalue weighted by atomic mass is 16.8. The molecule has 166 valence electrons. The summed E-state index contributed by atoms with van der Waals surface area (Å²) >= 11 is 0. The molecule has 0 aliphatic carbocycles. The van der Waals surface area contributed by atoms with E-state index < -0.39 is 11.8 Å². The molecule has 2 aliphatic heterocycles. The monoisotopic (exact) mass is 435 g/mol. The van der Waals surface area contributed by atoms with E-state index in [2.05, 4.69) is 11.1 Å². The zero-order valence-electron chi connectivity index (χ0n) is 17.9. The average Bonchev–Trinajstić information content (AvgIpc) is 3.37. The van der Waals surface area contributed by atoms with Crippen LogP contribution in [0, 0.1) is 6.92 Å². The smallest absolute Gasteiger partial charge is 0.430 e. The second kappa shape index (κ2) is 7.85. The lowest BCUT2D eigenvalue weighted by Gasteiger charge is -2.36. The first-order valence-electron chi connectivity index (χ1n) is 10.9. The van der Waals surface area contributed by atoms with Crippen LogP contribution in [-0.4, -0.2) is 51.8 Å². The maximum absolute atomic E-state index is 13.2. The van der Waals surface area contributed by atoms with E-state index in [1.807, 2.05) is 30.5 Å². The first kappa shape index (κ1) is 20.4. The molecule has 3 aromatic rings. The number of carbonyl (C=O) groups excluding carboxylic acids is 2. The number of H-pyrrole nitrogens is 1. The predicted molar refractivity (Wildman–Crippen MR) is 118 cm³/mol. The van der Waals surface area contributed by atoms with E-state index in [0.29, 0.717) is 44.5 Å². The predicted octanol–water partition coefficient (Wildman–Crippen LogP) is 3.02. The number of nitrogens with one attached hydrogen (secondary N) is 1. The van der Waals surface area contributed by atoms with Gasteiger partial charge in [0.2, 0.25) is 0 Å². The number of aromatic nitrogens is 2. The summed E-state index contributed by atoms with van der Waals surface area (Å²) in [4.78, 5) is 42.7. The van der Waals surface area contributed by atoms with Crippen LogP contribution in [0.2, 0.25) is 0 Å². The molecule has 1 amide bonds.